The first-order valence-corrected chi connectivity index (χ1v) is 8.27. The van der Waals surface area contributed by atoms with Gasteiger partial charge in [-0.1, -0.05) is 26.2 Å². The van der Waals surface area contributed by atoms with Crippen molar-refractivity contribution in [3.63, 3.8) is 0 Å². The van der Waals surface area contributed by atoms with E-state index in [9.17, 15) is 0 Å². The van der Waals surface area contributed by atoms with E-state index in [0.717, 1.165) is 18.1 Å². The van der Waals surface area contributed by atoms with Crippen LogP contribution in [0.1, 0.15) is 75.2 Å². The van der Waals surface area contributed by atoms with Gasteiger partial charge >= 0.3 is 0 Å². The Morgan fingerprint density at radius 3 is 2.62 bits per heavy atom. The Bertz CT molecular complexity index is 444. The monoisotopic (exact) mass is 291 g/mol. The van der Waals surface area contributed by atoms with E-state index < -0.39 is 0 Å². The van der Waals surface area contributed by atoms with Gasteiger partial charge in [-0.3, -0.25) is 0 Å². The molecule has 1 aliphatic rings. The molecule has 1 heterocycles. The van der Waals surface area contributed by atoms with Gasteiger partial charge in [0.25, 0.3) is 0 Å². The second kappa shape index (κ2) is 7.85. The molecule has 0 aromatic carbocycles. The minimum Gasteiger partial charge on any atom is -0.373 e. The lowest BCUT2D eigenvalue weighted by Gasteiger charge is -2.28. The molecular weight excluding hydrogens is 262 g/mol. The average Bonchev–Trinajstić information content (AvgIpc) is 2.49. The smallest absolute Gasteiger partial charge is 0.157 e. The highest BCUT2D eigenvalue weighted by molar-refractivity contribution is 5.20. The van der Waals surface area contributed by atoms with Crippen molar-refractivity contribution < 1.29 is 4.74 Å². The molecule has 4 heteroatoms. The molecule has 1 N–H and O–H groups in total. The summed E-state index contributed by atoms with van der Waals surface area (Å²) in [5, 5.41) is 3.42. The quantitative estimate of drug-likeness (QED) is 0.867. The molecule has 1 saturated carbocycles. The van der Waals surface area contributed by atoms with E-state index in [1.165, 1.54) is 37.7 Å². The van der Waals surface area contributed by atoms with Crippen LogP contribution in [0.4, 0.5) is 0 Å². The van der Waals surface area contributed by atoms with Crippen molar-refractivity contribution in [1.82, 2.24) is 15.3 Å². The van der Waals surface area contributed by atoms with Gasteiger partial charge < -0.3 is 10.1 Å². The molecule has 2 atom stereocenters. The van der Waals surface area contributed by atoms with Crippen molar-refractivity contribution in [2.45, 2.75) is 65.0 Å². The summed E-state index contributed by atoms with van der Waals surface area (Å²) in [6, 6.07) is 0.291. The molecule has 0 aliphatic heterocycles. The van der Waals surface area contributed by atoms with Gasteiger partial charge in [-0.15, -0.1) is 0 Å². The number of aromatic nitrogens is 2. The van der Waals surface area contributed by atoms with E-state index in [4.69, 9.17) is 9.72 Å². The van der Waals surface area contributed by atoms with Gasteiger partial charge in [0.05, 0.1) is 0 Å². The van der Waals surface area contributed by atoms with Crippen molar-refractivity contribution in [3.8, 4) is 0 Å². The molecule has 1 aromatic heterocycles. The standard InChI is InChI=1S/C17H29N3O/c1-5-18-12(2)15-11-19-17(20-13(15)3)16(21-4)14-9-7-6-8-10-14/h11-12,14,16,18H,5-10H2,1-4H3. The number of hydrogen-bond acceptors (Lipinski definition) is 4. The van der Waals surface area contributed by atoms with Crippen LogP contribution in [0.5, 0.6) is 0 Å². The minimum atomic E-state index is 0.0486. The number of hydrogen-bond donors (Lipinski definition) is 1. The largest absolute Gasteiger partial charge is 0.373 e. The zero-order valence-corrected chi connectivity index (χ0v) is 13.9. The van der Waals surface area contributed by atoms with Crippen molar-refractivity contribution in [1.29, 1.82) is 0 Å². The fourth-order valence-electron chi connectivity index (χ4n) is 3.42. The Morgan fingerprint density at radius 1 is 1.33 bits per heavy atom. The molecule has 0 amide bonds. The fourth-order valence-corrected chi connectivity index (χ4v) is 3.42. The van der Waals surface area contributed by atoms with Gasteiger partial charge in [-0.05, 0) is 39.2 Å². The van der Waals surface area contributed by atoms with Gasteiger partial charge in [0.1, 0.15) is 6.10 Å². The molecule has 1 aromatic rings. The van der Waals surface area contributed by atoms with E-state index in [2.05, 4.69) is 31.1 Å². The third-order valence-corrected chi connectivity index (χ3v) is 4.60. The minimum absolute atomic E-state index is 0.0486. The first-order valence-electron chi connectivity index (χ1n) is 8.27. The Kier molecular flexibility index (Phi) is 6.12. The first kappa shape index (κ1) is 16.4. The van der Waals surface area contributed by atoms with Crippen LogP contribution in [0.15, 0.2) is 6.20 Å². The molecule has 0 spiro atoms. The lowest BCUT2D eigenvalue weighted by Crippen LogP contribution is -2.23. The van der Waals surface area contributed by atoms with Gasteiger partial charge in [-0.25, -0.2) is 9.97 Å². The summed E-state index contributed by atoms with van der Waals surface area (Å²) in [4.78, 5) is 9.36. The molecule has 1 fully saturated rings. The molecule has 2 rings (SSSR count). The number of aryl methyl sites for hydroxylation is 1. The molecule has 0 bridgehead atoms. The van der Waals surface area contributed by atoms with E-state index in [0.29, 0.717) is 12.0 Å². The summed E-state index contributed by atoms with van der Waals surface area (Å²) in [5.74, 6) is 1.43. The topological polar surface area (TPSA) is 47.0 Å². The Morgan fingerprint density at radius 2 is 2.05 bits per heavy atom. The average molecular weight is 291 g/mol. The Balaban J connectivity index is 2.16. The van der Waals surface area contributed by atoms with Gasteiger partial charge in [0, 0.05) is 30.6 Å². The summed E-state index contributed by atoms with van der Waals surface area (Å²) in [7, 11) is 1.78. The van der Waals surface area contributed by atoms with Crippen LogP contribution in [0.3, 0.4) is 0 Å². The third-order valence-electron chi connectivity index (χ3n) is 4.60. The number of methoxy groups -OCH3 is 1. The summed E-state index contributed by atoms with van der Waals surface area (Å²) in [6.45, 7) is 7.29. The summed E-state index contributed by atoms with van der Waals surface area (Å²) < 4.78 is 5.74. The normalized spacial score (nSPS) is 19.4. The molecule has 4 nitrogen and oxygen atoms in total. The molecule has 118 valence electrons. The lowest BCUT2D eigenvalue weighted by atomic mass is 9.85. The summed E-state index contributed by atoms with van der Waals surface area (Å²) in [6.07, 6.45) is 8.45. The van der Waals surface area contributed by atoms with E-state index in [1.54, 1.807) is 7.11 Å². The highest BCUT2D eigenvalue weighted by Crippen LogP contribution is 2.35. The molecule has 0 radical (unpaired) electrons. The fraction of sp³-hybridized carbons (Fsp3) is 0.765. The van der Waals surface area contributed by atoms with Crippen molar-refractivity contribution in [3.05, 3.63) is 23.3 Å². The van der Waals surface area contributed by atoms with Crippen LogP contribution < -0.4 is 5.32 Å². The maximum Gasteiger partial charge on any atom is 0.157 e. The zero-order valence-electron chi connectivity index (χ0n) is 13.9. The summed E-state index contributed by atoms with van der Waals surface area (Å²) >= 11 is 0. The van der Waals surface area contributed by atoms with Crippen LogP contribution >= 0.6 is 0 Å². The van der Waals surface area contributed by atoms with Gasteiger partial charge in [0.2, 0.25) is 0 Å². The second-order valence-electron chi connectivity index (χ2n) is 6.10. The zero-order chi connectivity index (χ0) is 15.2. The Hall–Kier alpha value is -1.00. The van der Waals surface area contributed by atoms with Crippen LogP contribution in [-0.4, -0.2) is 23.6 Å². The molecule has 21 heavy (non-hydrogen) atoms. The number of rotatable bonds is 6. The predicted molar refractivity (Wildman–Crippen MR) is 85.2 cm³/mol. The van der Waals surface area contributed by atoms with Gasteiger partial charge in [-0.2, -0.15) is 0 Å². The highest BCUT2D eigenvalue weighted by atomic mass is 16.5. The second-order valence-corrected chi connectivity index (χ2v) is 6.10. The van der Waals surface area contributed by atoms with Crippen molar-refractivity contribution in [2.75, 3.05) is 13.7 Å². The van der Waals surface area contributed by atoms with E-state index >= 15 is 0 Å². The highest BCUT2D eigenvalue weighted by Gasteiger charge is 2.27. The maximum absolute atomic E-state index is 5.74. The van der Waals surface area contributed by atoms with Crippen LogP contribution in [0.2, 0.25) is 0 Å². The molecule has 2 unspecified atom stereocenters. The van der Waals surface area contributed by atoms with Gasteiger partial charge in [0.15, 0.2) is 5.82 Å². The maximum atomic E-state index is 5.74. The number of nitrogens with zero attached hydrogens (tertiary/aromatic N) is 2. The first-order chi connectivity index (χ1) is 10.2. The number of ether oxygens (including phenoxy) is 1. The third kappa shape index (κ3) is 4.01. The SMILES string of the molecule is CCNC(C)c1cnc(C(OC)C2CCCCC2)nc1C. The molecule has 1 aliphatic carbocycles. The van der Waals surface area contributed by atoms with Crippen LogP contribution in [0, 0.1) is 12.8 Å². The Labute approximate surface area is 128 Å². The van der Waals surface area contributed by atoms with Crippen LogP contribution in [-0.2, 0) is 4.74 Å². The van der Waals surface area contributed by atoms with E-state index in [1.807, 2.05) is 6.20 Å². The summed E-state index contributed by atoms with van der Waals surface area (Å²) in [5.41, 5.74) is 2.24. The van der Waals surface area contributed by atoms with Crippen molar-refractivity contribution in [2.24, 2.45) is 5.92 Å². The van der Waals surface area contributed by atoms with E-state index in [-0.39, 0.29) is 6.10 Å². The van der Waals surface area contributed by atoms with Crippen molar-refractivity contribution >= 4 is 0 Å². The molecule has 0 saturated heterocycles. The predicted octanol–water partition coefficient (Wildman–Crippen LogP) is 3.72. The van der Waals surface area contributed by atoms with Crippen LogP contribution in [0.25, 0.3) is 0 Å². The lowest BCUT2D eigenvalue weighted by molar-refractivity contribution is 0.0287. The number of nitrogens with one attached hydrogen (secondary N) is 1. The molecular formula is C17H29N3O.